The fraction of sp³-hybridized carbons (Fsp3) is 0.214. The summed E-state index contributed by atoms with van der Waals surface area (Å²) >= 11 is 0. The van der Waals surface area contributed by atoms with Gasteiger partial charge in [-0.3, -0.25) is 9.10 Å². The van der Waals surface area contributed by atoms with Gasteiger partial charge in [0.05, 0.1) is 35.5 Å². The number of nitrogens with zero attached hydrogens (tertiary/aromatic N) is 3. The zero-order chi connectivity index (χ0) is 26.6. The first kappa shape index (κ1) is 26.0. The Balaban J connectivity index is 1.73. The van der Waals surface area contributed by atoms with Crippen molar-refractivity contribution >= 4 is 43.9 Å². The van der Waals surface area contributed by atoms with Crippen LogP contribution in [-0.2, 0) is 14.8 Å². The van der Waals surface area contributed by atoms with Crippen LogP contribution in [0.1, 0.15) is 25.0 Å². The van der Waals surface area contributed by atoms with Crippen LogP contribution in [-0.4, -0.2) is 60.9 Å². The number of amides is 1. The van der Waals surface area contributed by atoms with E-state index in [0.717, 1.165) is 22.7 Å². The predicted octanol–water partition coefficient (Wildman–Crippen LogP) is 4.68. The van der Waals surface area contributed by atoms with E-state index in [-0.39, 0.29) is 24.9 Å². The van der Waals surface area contributed by atoms with Crippen molar-refractivity contribution in [3.63, 3.8) is 0 Å². The molecular formula is C28H30N4O4S. The maximum Gasteiger partial charge on any atom is 0.232 e. The molecule has 0 aliphatic heterocycles. The van der Waals surface area contributed by atoms with Crippen LogP contribution >= 0.6 is 0 Å². The lowest BCUT2D eigenvalue weighted by molar-refractivity contribution is -0.128. The van der Waals surface area contributed by atoms with Gasteiger partial charge in [-0.05, 0) is 37.3 Å². The smallest absolute Gasteiger partial charge is 0.232 e. The summed E-state index contributed by atoms with van der Waals surface area (Å²) in [5.74, 6) is -0.0794. The number of hydrogen-bond acceptors (Lipinski definition) is 5. The van der Waals surface area contributed by atoms with Gasteiger partial charge in [0.1, 0.15) is 0 Å². The lowest BCUT2D eigenvalue weighted by Crippen LogP contribution is -2.40. The number of nitrogens with one attached hydrogen (secondary N) is 1. The summed E-state index contributed by atoms with van der Waals surface area (Å²) in [4.78, 5) is 21.2. The second kappa shape index (κ2) is 10.9. The van der Waals surface area contributed by atoms with E-state index < -0.39 is 10.0 Å². The standard InChI is InChI=1S/C28H30N4O4S/c1-4-31(20(2)33)18-19-32(37(3,35)36)23-16-14-22(15-17-23)29-27(21-10-6-5-7-11-21)26-24-12-8-9-13-25(24)30-28(26)34/h5-17,30,34H,4,18-19H2,1-3H3. The zero-order valence-electron chi connectivity index (χ0n) is 21.0. The average Bonchev–Trinajstić information content (AvgIpc) is 3.21. The summed E-state index contributed by atoms with van der Waals surface area (Å²) in [6.07, 6.45) is 1.15. The summed E-state index contributed by atoms with van der Waals surface area (Å²) < 4.78 is 26.4. The molecule has 8 nitrogen and oxygen atoms in total. The molecule has 1 heterocycles. The molecule has 0 radical (unpaired) electrons. The number of fused-ring (bicyclic) bond motifs is 1. The van der Waals surface area contributed by atoms with Crippen molar-refractivity contribution in [1.82, 2.24) is 9.88 Å². The molecule has 0 aliphatic rings. The number of rotatable bonds is 9. The highest BCUT2D eigenvalue weighted by Gasteiger charge is 2.20. The SMILES string of the molecule is CCN(CCN(c1ccc(N=C(c2ccccc2)c2c(O)[nH]c3ccccc23)cc1)S(C)(=O)=O)C(C)=O. The van der Waals surface area contributed by atoms with Gasteiger partial charge in [-0.2, -0.15) is 0 Å². The quantitative estimate of drug-likeness (QED) is 0.314. The molecule has 4 aromatic rings. The van der Waals surface area contributed by atoms with Gasteiger partial charge < -0.3 is 15.0 Å². The number of sulfonamides is 1. The van der Waals surface area contributed by atoms with E-state index in [1.54, 1.807) is 29.2 Å². The van der Waals surface area contributed by atoms with Crippen LogP contribution in [0, 0.1) is 0 Å². The number of anilines is 1. The number of aromatic hydroxyl groups is 1. The summed E-state index contributed by atoms with van der Waals surface area (Å²) in [7, 11) is -3.57. The second-order valence-corrected chi connectivity index (χ2v) is 10.6. The topological polar surface area (TPSA) is 106 Å². The van der Waals surface area contributed by atoms with Gasteiger partial charge in [-0.15, -0.1) is 0 Å². The van der Waals surface area contributed by atoms with Gasteiger partial charge in [0, 0.05) is 36.5 Å². The Morgan fingerprint density at radius 3 is 2.22 bits per heavy atom. The highest BCUT2D eigenvalue weighted by molar-refractivity contribution is 7.92. The Hall–Kier alpha value is -4.11. The molecule has 9 heteroatoms. The molecule has 37 heavy (non-hydrogen) atoms. The normalized spacial score (nSPS) is 12.0. The first-order chi connectivity index (χ1) is 17.7. The monoisotopic (exact) mass is 518 g/mol. The Labute approximate surface area is 216 Å². The van der Waals surface area contributed by atoms with Crippen LogP contribution in [0.25, 0.3) is 10.9 Å². The van der Waals surface area contributed by atoms with Crippen molar-refractivity contribution in [1.29, 1.82) is 0 Å². The number of hydrogen-bond donors (Lipinski definition) is 2. The van der Waals surface area contributed by atoms with E-state index in [4.69, 9.17) is 4.99 Å². The van der Waals surface area contributed by atoms with Crippen LogP contribution in [0.15, 0.2) is 83.9 Å². The van der Waals surface area contributed by atoms with Crippen LogP contribution in [0.5, 0.6) is 5.88 Å². The van der Waals surface area contributed by atoms with Gasteiger partial charge in [-0.25, -0.2) is 13.4 Å². The van der Waals surface area contributed by atoms with Gasteiger partial charge in [-0.1, -0.05) is 48.5 Å². The minimum absolute atomic E-state index is 0.0228. The van der Waals surface area contributed by atoms with E-state index in [1.165, 1.54) is 11.2 Å². The van der Waals surface area contributed by atoms with Gasteiger partial charge >= 0.3 is 0 Å². The lowest BCUT2D eigenvalue weighted by atomic mass is 10.0. The molecule has 0 spiro atoms. The number of carbonyl (C=O) groups excluding carboxylic acids is 1. The van der Waals surface area contributed by atoms with Crippen LogP contribution < -0.4 is 4.31 Å². The van der Waals surface area contributed by atoms with Crippen LogP contribution in [0.4, 0.5) is 11.4 Å². The molecule has 3 aromatic carbocycles. The number of H-pyrrole nitrogens is 1. The van der Waals surface area contributed by atoms with Gasteiger partial charge in [0.25, 0.3) is 0 Å². The Bertz CT molecular complexity index is 1530. The maximum absolute atomic E-state index is 12.5. The number of aliphatic imine (C=N–C) groups is 1. The molecule has 2 N–H and O–H groups in total. The molecule has 4 rings (SSSR count). The molecular weight excluding hydrogens is 488 g/mol. The predicted molar refractivity (Wildman–Crippen MR) is 148 cm³/mol. The van der Waals surface area contributed by atoms with E-state index >= 15 is 0 Å². The van der Waals surface area contributed by atoms with Gasteiger partial charge in [0.15, 0.2) is 5.88 Å². The molecule has 1 aromatic heterocycles. The van der Waals surface area contributed by atoms with Crippen molar-refractivity contribution in [2.45, 2.75) is 13.8 Å². The number of likely N-dealkylation sites (N-methyl/N-ethyl adjacent to an activating group) is 1. The number of carbonyl (C=O) groups is 1. The molecule has 0 atom stereocenters. The Morgan fingerprint density at radius 2 is 1.59 bits per heavy atom. The molecule has 192 valence electrons. The van der Waals surface area contributed by atoms with E-state index in [9.17, 15) is 18.3 Å². The Kier molecular flexibility index (Phi) is 7.63. The third-order valence-corrected chi connectivity index (χ3v) is 7.34. The number of para-hydroxylation sites is 1. The van der Waals surface area contributed by atoms with E-state index in [1.807, 2.05) is 61.5 Å². The zero-order valence-corrected chi connectivity index (χ0v) is 21.9. The summed E-state index contributed by atoms with van der Waals surface area (Å²) in [6.45, 7) is 4.26. The van der Waals surface area contributed by atoms with Crippen molar-refractivity contribution in [2.75, 3.05) is 30.2 Å². The highest BCUT2D eigenvalue weighted by atomic mass is 32.2. The average molecular weight is 519 g/mol. The number of benzene rings is 3. The first-order valence-electron chi connectivity index (χ1n) is 12.0. The highest BCUT2D eigenvalue weighted by Crippen LogP contribution is 2.32. The lowest BCUT2D eigenvalue weighted by Gasteiger charge is -2.26. The van der Waals surface area contributed by atoms with E-state index in [2.05, 4.69) is 4.98 Å². The van der Waals surface area contributed by atoms with Crippen molar-refractivity contribution in [3.05, 3.63) is 90.0 Å². The molecule has 0 saturated carbocycles. The minimum Gasteiger partial charge on any atom is -0.494 e. The first-order valence-corrected chi connectivity index (χ1v) is 13.8. The molecule has 0 fully saturated rings. The fourth-order valence-corrected chi connectivity index (χ4v) is 5.20. The van der Waals surface area contributed by atoms with E-state index in [0.29, 0.717) is 29.2 Å². The number of aromatic amines is 1. The molecule has 1 amide bonds. The Morgan fingerprint density at radius 1 is 0.946 bits per heavy atom. The second-order valence-electron chi connectivity index (χ2n) is 8.67. The molecule has 0 bridgehead atoms. The van der Waals surface area contributed by atoms with Crippen molar-refractivity contribution in [2.24, 2.45) is 4.99 Å². The van der Waals surface area contributed by atoms with Crippen LogP contribution in [0.3, 0.4) is 0 Å². The van der Waals surface area contributed by atoms with Crippen LogP contribution in [0.2, 0.25) is 0 Å². The fourth-order valence-electron chi connectivity index (χ4n) is 4.29. The van der Waals surface area contributed by atoms with Crippen molar-refractivity contribution < 1.29 is 18.3 Å². The third-order valence-electron chi connectivity index (χ3n) is 6.15. The largest absolute Gasteiger partial charge is 0.494 e. The summed E-state index contributed by atoms with van der Waals surface area (Å²) in [5.41, 5.74) is 3.88. The molecule has 0 unspecified atom stereocenters. The summed E-state index contributed by atoms with van der Waals surface area (Å²) in [6, 6.07) is 24.1. The van der Waals surface area contributed by atoms with Crippen molar-refractivity contribution in [3.8, 4) is 5.88 Å². The maximum atomic E-state index is 12.5. The molecule has 0 saturated heterocycles. The summed E-state index contributed by atoms with van der Waals surface area (Å²) in [5, 5.41) is 11.6. The number of aromatic nitrogens is 1. The molecule has 0 aliphatic carbocycles. The van der Waals surface area contributed by atoms with Gasteiger partial charge in [0.2, 0.25) is 15.9 Å². The third kappa shape index (κ3) is 5.83. The minimum atomic E-state index is -3.57.